The highest BCUT2D eigenvalue weighted by molar-refractivity contribution is 6.04. The van der Waals surface area contributed by atoms with Gasteiger partial charge in [0.25, 0.3) is 0 Å². The van der Waals surface area contributed by atoms with Gasteiger partial charge in [0.1, 0.15) is 11.9 Å². The van der Waals surface area contributed by atoms with Gasteiger partial charge >= 0.3 is 0 Å². The molecule has 0 radical (unpaired) electrons. The monoisotopic (exact) mass is 272 g/mol. The molecule has 0 saturated carbocycles. The average molecular weight is 272 g/mol. The molecular formula is C16H13FO3. The van der Waals surface area contributed by atoms with E-state index in [1.807, 2.05) is 0 Å². The van der Waals surface area contributed by atoms with Crippen molar-refractivity contribution in [1.29, 1.82) is 0 Å². The highest BCUT2D eigenvalue weighted by atomic mass is 19.1. The normalized spacial score (nSPS) is 11.9. The number of carbonyl (C=O) groups is 2. The number of hydrogen-bond donors (Lipinski definition) is 1. The van der Waals surface area contributed by atoms with Crippen molar-refractivity contribution in [3.05, 3.63) is 71.5 Å². The maximum Gasteiger partial charge on any atom is 0.191 e. The second-order valence-electron chi connectivity index (χ2n) is 4.38. The molecule has 0 unspecified atom stereocenters. The van der Waals surface area contributed by atoms with Crippen LogP contribution in [0.1, 0.15) is 27.1 Å². The number of aliphatic hydroxyl groups is 1. The maximum absolute atomic E-state index is 12.8. The van der Waals surface area contributed by atoms with Crippen LogP contribution in [0, 0.1) is 5.82 Å². The second-order valence-corrected chi connectivity index (χ2v) is 4.38. The predicted molar refractivity (Wildman–Crippen MR) is 72.1 cm³/mol. The van der Waals surface area contributed by atoms with E-state index in [0.717, 1.165) is 12.1 Å². The van der Waals surface area contributed by atoms with Gasteiger partial charge in [0, 0.05) is 17.5 Å². The quantitative estimate of drug-likeness (QED) is 0.851. The van der Waals surface area contributed by atoms with Crippen molar-refractivity contribution in [1.82, 2.24) is 0 Å². The molecule has 0 amide bonds. The van der Waals surface area contributed by atoms with Gasteiger partial charge in [0.05, 0.1) is 0 Å². The standard InChI is InChI=1S/C16H13FO3/c17-13-8-6-12(7-9-13)16(20)15(19)10-14(18)11-4-2-1-3-5-11/h1-9,15,19H,10H2/t15-/m0/s1. The summed E-state index contributed by atoms with van der Waals surface area (Å²) >= 11 is 0. The van der Waals surface area contributed by atoms with Gasteiger partial charge in [0.2, 0.25) is 0 Å². The smallest absolute Gasteiger partial charge is 0.191 e. The first-order valence-corrected chi connectivity index (χ1v) is 6.14. The molecule has 1 N–H and O–H groups in total. The Morgan fingerprint density at radius 1 is 0.950 bits per heavy atom. The van der Waals surface area contributed by atoms with Crippen molar-refractivity contribution >= 4 is 11.6 Å². The average Bonchev–Trinajstić information content (AvgIpc) is 2.48. The van der Waals surface area contributed by atoms with Crippen molar-refractivity contribution in [3.8, 4) is 0 Å². The van der Waals surface area contributed by atoms with E-state index >= 15 is 0 Å². The predicted octanol–water partition coefficient (Wildman–Crippen LogP) is 2.64. The lowest BCUT2D eigenvalue weighted by atomic mass is 9.99. The Bertz CT molecular complexity index is 605. The molecule has 0 heterocycles. The molecule has 2 aromatic rings. The molecule has 1 atom stereocenters. The van der Waals surface area contributed by atoms with Crippen LogP contribution in [0.15, 0.2) is 54.6 Å². The Balaban J connectivity index is 2.05. The van der Waals surface area contributed by atoms with Gasteiger partial charge in [0.15, 0.2) is 11.6 Å². The van der Waals surface area contributed by atoms with Crippen LogP contribution in [0.5, 0.6) is 0 Å². The van der Waals surface area contributed by atoms with Gasteiger partial charge in [-0.15, -0.1) is 0 Å². The molecule has 102 valence electrons. The van der Waals surface area contributed by atoms with Crippen LogP contribution < -0.4 is 0 Å². The number of carbonyl (C=O) groups excluding carboxylic acids is 2. The number of hydrogen-bond acceptors (Lipinski definition) is 3. The van der Waals surface area contributed by atoms with Crippen molar-refractivity contribution < 1.29 is 19.1 Å². The van der Waals surface area contributed by atoms with E-state index in [4.69, 9.17) is 0 Å². The molecule has 0 saturated heterocycles. The molecule has 0 aliphatic heterocycles. The Kier molecular flexibility index (Phi) is 4.38. The summed E-state index contributed by atoms with van der Waals surface area (Å²) in [5, 5.41) is 9.81. The SMILES string of the molecule is O=C(C[C@H](O)C(=O)c1ccc(F)cc1)c1ccccc1. The number of aliphatic hydroxyl groups excluding tert-OH is 1. The molecule has 0 aliphatic rings. The summed E-state index contributed by atoms with van der Waals surface area (Å²) in [6, 6.07) is 13.3. The Morgan fingerprint density at radius 3 is 2.15 bits per heavy atom. The fourth-order valence-corrected chi connectivity index (χ4v) is 1.82. The molecule has 0 bridgehead atoms. The minimum atomic E-state index is -1.42. The van der Waals surface area contributed by atoms with E-state index < -0.39 is 17.7 Å². The first kappa shape index (κ1) is 14.1. The minimum absolute atomic E-state index is 0.180. The molecule has 2 rings (SSSR count). The highest BCUT2D eigenvalue weighted by Crippen LogP contribution is 2.11. The number of halogens is 1. The van der Waals surface area contributed by atoms with E-state index in [2.05, 4.69) is 0 Å². The largest absolute Gasteiger partial charge is 0.384 e. The summed E-state index contributed by atoms with van der Waals surface area (Å²) in [6.07, 6.45) is -1.71. The maximum atomic E-state index is 12.8. The number of Topliss-reactive ketones (excluding diaryl/α,β-unsaturated/α-hetero) is 2. The zero-order chi connectivity index (χ0) is 14.5. The lowest BCUT2D eigenvalue weighted by Gasteiger charge is -2.09. The molecule has 0 spiro atoms. The van der Waals surface area contributed by atoms with Crippen molar-refractivity contribution in [2.75, 3.05) is 0 Å². The molecule has 0 fully saturated rings. The molecule has 4 heteroatoms. The van der Waals surface area contributed by atoms with E-state index in [1.54, 1.807) is 30.3 Å². The van der Waals surface area contributed by atoms with Crippen LogP contribution >= 0.6 is 0 Å². The lowest BCUT2D eigenvalue weighted by molar-refractivity contribution is 0.0681. The summed E-state index contributed by atoms with van der Waals surface area (Å²) in [5.74, 6) is -1.36. The summed E-state index contributed by atoms with van der Waals surface area (Å²) in [6.45, 7) is 0. The van der Waals surface area contributed by atoms with E-state index in [1.165, 1.54) is 12.1 Å². The third-order valence-corrected chi connectivity index (χ3v) is 2.91. The van der Waals surface area contributed by atoms with Crippen molar-refractivity contribution in [2.24, 2.45) is 0 Å². The molecule has 2 aromatic carbocycles. The van der Waals surface area contributed by atoms with E-state index in [9.17, 15) is 19.1 Å². The molecular weight excluding hydrogens is 259 g/mol. The number of benzene rings is 2. The molecule has 3 nitrogen and oxygen atoms in total. The summed E-state index contributed by atoms with van der Waals surface area (Å²) in [4.78, 5) is 23.8. The van der Waals surface area contributed by atoms with Gasteiger partial charge in [-0.25, -0.2) is 4.39 Å². The fraction of sp³-hybridized carbons (Fsp3) is 0.125. The second kappa shape index (κ2) is 6.21. The molecule has 0 aliphatic carbocycles. The highest BCUT2D eigenvalue weighted by Gasteiger charge is 2.21. The van der Waals surface area contributed by atoms with Crippen LogP contribution in [-0.4, -0.2) is 22.8 Å². The van der Waals surface area contributed by atoms with Crippen LogP contribution in [0.4, 0.5) is 4.39 Å². The first-order valence-electron chi connectivity index (χ1n) is 6.14. The Hall–Kier alpha value is -2.33. The van der Waals surface area contributed by atoms with Gasteiger partial charge in [-0.3, -0.25) is 9.59 Å². The lowest BCUT2D eigenvalue weighted by Crippen LogP contribution is -2.24. The van der Waals surface area contributed by atoms with Crippen LogP contribution in [0.3, 0.4) is 0 Å². The topological polar surface area (TPSA) is 54.4 Å². The Labute approximate surface area is 115 Å². The summed E-state index contributed by atoms with van der Waals surface area (Å²) in [5.41, 5.74) is 0.623. The molecule has 0 aromatic heterocycles. The fourth-order valence-electron chi connectivity index (χ4n) is 1.82. The minimum Gasteiger partial charge on any atom is -0.384 e. The summed E-state index contributed by atoms with van der Waals surface area (Å²) < 4.78 is 12.8. The zero-order valence-corrected chi connectivity index (χ0v) is 10.6. The third-order valence-electron chi connectivity index (χ3n) is 2.91. The summed E-state index contributed by atoms with van der Waals surface area (Å²) in [7, 11) is 0. The number of rotatable bonds is 5. The Morgan fingerprint density at radius 2 is 1.55 bits per heavy atom. The van der Waals surface area contributed by atoms with Crippen LogP contribution in [0.2, 0.25) is 0 Å². The van der Waals surface area contributed by atoms with Gasteiger partial charge in [-0.05, 0) is 24.3 Å². The van der Waals surface area contributed by atoms with Gasteiger partial charge in [-0.2, -0.15) is 0 Å². The number of ketones is 2. The van der Waals surface area contributed by atoms with E-state index in [0.29, 0.717) is 5.56 Å². The van der Waals surface area contributed by atoms with E-state index in [-0.39, 0.29) is 17.8 Å². The molecule has 20 heavy (non-hydrogen) atoms. The van der Waals surface area contributed by atoms with Crippen LogP contribution in [0.25, 0.3) is 0 Å². The first-order chi connectivity index (χ1) is 9.58. The zero-order valence-electron chi connectivity index (χ0n) is 10.6. The van der Waals surface area contributed by atoms with Crippen molar-refractivity contribution in [2.45, 2.75) is 12.5 Å². The van der Waals surface area contributed by atoms with Crippen molar-refractivity contribution in [3.63, 3.8) is 0 Å². The van der Waals surface area contributed by atoms with Gasteiger partial charge in [-0.1, -0.05) is 30.3 Å². The third kappa shape index (κ3) is 3.36. The van der Waals surface area contributed by atoms with Gasteiger partial charge < -0.3 is 5.11 Å². The van der Waals surface area contributed by atoms with Crippen LogP contribution in [-0.2, 0) is 0 Å².